The topological polar surface area (TPSA) is 104 Å². The van der Waals surface area contributed by atoms with Crippen LogP contribution in [0.3, 0.4) is 0 Å². The van der Waals surface area contributed by atoms with Gasteiger partial charge in [0.25, 0.3) is 15.9 Å². The average Bonchev–Trinajstić information content (AvgIpc) is 2.61. The van der Waals surface area contributed by atoms with Crippen molar-refractivity contribution in [3.8, 4) is 0 Å². The smallest absolute Gasteiger partial charge is 0.269 e. The second-order valence-electron chi connectivity index (χ2n) is 6.04. The number of carbonyl (C=O) groups excluding carboxylic acids is 2. The quantitative estimate of drug-likeness (QED) is 0.697. The minimum absolute atomic E-state index is 0.0310. The summed E-state index contributed by atoms with van der Waals surface area (Å²) >= 11 is 0. The molecule has 0 aromatic heterocycles. The molecule has 0 saturated heterocycles. The Hall–Kier alpha value is -2.87. The number of benzene rings is 2. The standard InChI is InChI=1S/C18H21N3O4S/c1-12(2)17(22)19-20-18(23)14-8-10-15(11-9-14)26(24,25)21-16-7-5-4-6-13(16)3/h4-12,21H,1-3H3,(H,19,22)(H,20,23). The molecule has 0 fully saturated rings. The minimum Gasteiger partial charge on any atom is -0.279 e. The second kappa shape index (κ2) is 8.01. The third-order valence-corrected chi connectivity index (χ3v) is 5.02. The molecule has 8 heteroatoms. The van der Waals surface area contributed by atoms with Gasteiger partial charge in [-0.3, -0.25) is 25.2 Å². The molecule has 0 heterocycles. The van der Waals surface area contributed by atoms with Gasteiger partial charge in [0.1, 0.15) is 0 Å². The fourth-order valence-electron chi connectivity index (χ4n) is 2.01. The van der Waals surface area contributed by atoms with E-state index >= 15 is 0 Å². The Labute approximate surface area is 152 Å². The van der Waals surface area contributed by atoms with Crippen molar-refractivity contribution in [2.75, 3.05) is 4.72 Å². The lowest BCUT2D eigenvalue weighted by atomic mass is 10.2. The number of anilines is 1. The third-order valence-electron chi connectivity index (χ3n) is 3.64. The van der Waals surface area contributed by atoms with Gasteiger partial charge >= 0.3 is 0 Å². The molecular formula is C18H21N3O4S. The van der Waals surface area contributed by atoms with Crippen LogP contribution in [0.1, 0.15) is 29.8 Å². The third kappa shape index (κ3) is 4.82. The van der Waals surface area contributed by atoms with E-state index in [-0.39, 0.29) is 22.3 Å². The van der Waals surface area contributed by atoms with Crippen LogP contribution >= 0.6 is 0 Å². The van der Waals surface area contributed by atoms with E-state index in [9.17, 15) is 18.0 Å². The summed E-state index contributed by atoms with van der Waals surface area (Å²) in [6.45, 7) is 5.20. The van der Waals surface area contributed by atoms with Crippen molar-refractivity contribution < 1.29 is 18.0 Å². The van der Waals surface area contributed by atoms with Gasteiger partial charge in [-0.05, 0) is 42.8 Å². The maximum Gasteiger partial charge on any atom is 0.269 e. The van der Waals surface area contributed by atoms with Crippen LogP contribution in [-0.4, -0.2) is 20.2 Å². The van der Waals surface area contributed by atoms with Crippen molar-refractivity contribution in [3.63, 3.8) is 0 Å². The van der Waals surface area contributed by atoms with Gasteiger partial charge in [0.2, 0.25) is 5.91 Å². The lowest BCUT2D eigenvalue weighted by Gasteiger charge is -2.11. The molecule has 0 unspecified atom stereocenters. The molecule has 0 bridgehead atoms. The van der Waals surface area contributed by atoms with Gasteiger partial charge in [0.05, 0.1) is 10.6 Å². The first-order valence-electron chi connectivity index (χ1n) is 7.99. The number of nitrogens with one attached hydrogen (secondary N) is 3. The molecule has 7 nitrogen and oxygen atoms in total. The first-order valence-corrected chi connectivity index (χ1v) is 9.48. The highest BCUT2D eigenvalue weighted by molar-refractivity contribution is 7.92. The fourth-order valence-corrected chi connectivity index (χ4v) is 3.14. The average molecular weight is 375 g/mol. The molecule has 2 rings (SSSR count). The number of hydrazine groups is 1. The van der Waals surface area contributed by atoms with Crippen molar-refractivity contribution in [2.24, 2.45) is 5.92 Å². The molecule has 26 heavy (non-hydrogen) atoms. The molecule has 0 aliphatic rings. The molecule has 0 aliphatic heterocycles. The normalized spacial score (nSPS) is 11.1. The molecule has 3 N–H and O–H groups in total. The largest absolute Gasteiger partial charge is 0.279 e. The zero-order valence-electron chi connectivity index (χ0n) is 14.7. The van der Waals surface area contributed by atoms with E-state index in [0.29, 0.717) is 5.69 Å². The first kappa shape index (κ1) is 19.5. The second-order valence-corrected chi connectivity index (χ2v) is 7.73. The van der Waals surface area contributed by atoms with E-state index in [2.05, 4.69) is 15.6 Å². The van der Waals surface area contributed by atoms with Crippen molar-refractivity contribution in [1.29, 1.82) is 0 Å². The van der Waals surface area contributed by atoms with Gasteiger partial charge in [0, 0.05) is 11.5 Å². The van der Waals surface area contributed by atoms with E-state index in [1.165, 1.54) is 24.3 Å². The zero-order chi connectivity index (χ0) is 19.3. The number of hydrogen-bond donors (Lipinski definition) is 3. The highest BCUT2D eigenvalue weighted by Gasteiger charge is 2.16. The van der Waals surface area contributed by atoms with Gasteiger partial charge < -0.3 is 0 Å². The zero-order valence-corrected chi connectivity index (χ0v) is 15.6. The summed E-state index contributed by atoms with van der Waals surface area (Å²) < 4.78 is 27.4. The number of amides is 2. The molecular weight excluding hydrogens is 354 g/mol. The summed E-state index contributed by atoms with van der Waals surface area (Å²) in [5.74, 6) is -1.12. The monoisotopic (exact) mass is 375 g/mol. The number of aryl methyl sites for hydroxylation is 1. The fraction of sp³-hybridized carbons (Fsp3) is 0.222. The van der Waals surface area contributed by atoms with Crippen molar-refractivity contribution in [1.82, 2.24) is 10.9 Å². The Morgan fingerprint density at radius 2 is 1.54 bits per heavy atom. The Balaban J connectivity index is 2.09. The van der Waals surface area contributed by atoms with E-state index in [0.717, 1.165) is 5.56 Å². The molecule has 0 radical (unpaired) electrons. The Kier molecular flexibility index (Phi) is 5.99. The molecule has 0 saturated carbocycles. The van der Waals surface area contributed by atoms with Gasteiger partial charge in [-0.1, -0.05) is 32.0 Å². The first-order chi connectivity index (χ1) is 12.2. The summed E-state index contributed by atoms with van der Waals surface area (Å²) in [4.78, 5) is 23.5. The van der Waals surface area contributed by atoms with Crippen LogP contribution < -0.4 is 15.6 Å². The molecule has 138 valence electrons. The highest BCUT2D eigenvalue weighted by atomic mass is 32.2. The maximum atomic E-state index is 12.5. The van der Waals surface area contributed by atoms with Crippen LogP contribution in [0.25, 0.3) is 0 Å². The number of rotatable bonds is 5. The van der Waals surface area contributed by atoms with Crippen LogP contribution in [0.4, 0.5) is 5.69 Å². The van der Waals surface area contributed by atoms with Gasteiger partial charge in [-0.15, -0.1) is 0 Å². The van der Waals surface area contributed by atoms with Crippen molar-refractivity contribution in [3.05, 3.63) is 59.7 Å². The summed E-state index contributed by atoms with van der Waals surface area (Å²) in [7, 11) is -3.77. The van der Waals surface area contributed by atoms with Crippen LogP contribution in [-0.2, 0) is 14.8 Å². The molecule has 2 aromatic rings. The predicted molar refractivity (Wildman–Crippen MR) is 98.9 cm³/mol. The summed E-state index contributed by atoms with van der Waals surface area (Å²) in [5, 5.41) is 0. The lowest BCUT2D eigenvalue weighted by Crippen LogP contribution is -2.43. The molecule has 0 aliphatic carbocycles. The van der Waals surface area contributed by atoms with Gasteiger partial charge in [-0.2, -0.15) is 0 Å². The SMILES string of the molecule is Cc1ccccc1NS(=O)(=O)c1ccc(C(=O)NNC(=O)C(C)C)cc1. The summed E-state index contributed by atoms with van der Waals surface area (Å²) in [6.07, 6.45) is 0. The number of sulfonamides is 1. The van der Waals surface area contributed by atoms with Crippen molar-refractivity contribution in [2.45, 2.75) is 25.7 Å². The van der Waals surface area contributed by atoms with Crippen LogP contribution in [0, 0.1) is 12.8 Å². The summed E-state index contributed by atoms with van der Waals surface area (Å²) in [6, 6.07) is 12.5. The Bertz CT molecular complexity index is 906. The Morgan fingerprint density at radius 3 is 2.12 bits per heavy atom. The van der Waals surface area contributed by atoms with E-state index in [4.69, 9.17) is 0 Å². The van der Waals surface area contributed by atoms with E-state index in [1.807, 2.05) is 6.07 Å². The molecule has 2 aromatic carbocycles. The van der Waals surface area contributed by atoms with E-state index < -0.39 is 15.9 Å². The van der Waals surface area contributed by atoms with E-state index in [1.54, 1.807) is 39.0 Å². The number of para-hydroxylation sites is 1. The van der Waals surface area contributed by atoms with Crippen molar-refractivity contribution >= 4 is 27.5 Å². The predicted octanol–water partition coefficient (Wildman–Crippen LogP) is 2.21. The molecule has 0 atom stereocenters. The molecule has 2 amide bonds. The minimum atomic E-state index is -3.77. The molecule has 0 spiro atoms. The Morgan fingerprint density at radius 1 is 0.923 bits per heavy atom. The number of carbonyl (C=O) groups is 2. The van der Waals surface area contributed by atoms with Crippen LogP contribution in [0.15, 0.2) is 53.4 Å². The van der Waals surface area contributed by atoms with Gasteiger partial charge in [0.15, 0.2) is 0 Å². The van der Waals surface area contributed by atoms with Crippen LogP contribution in [0.2, 0.25) is 0 Å². The maximum absolute atomic E-state index is 12.5. The van der Waals surface area contributed by atoms with Gasteiger partial charge in [-0.25, -0.2) is 8.42 Å². The number of hydrogen-bond acceptors (Lipinski definition) is 4. The van der Waals surface area contributed by atoms with Crippen LogP contribution in [0.5, 0.6) is 0 Å². The highest BCUT2D eigenvalue weighted by Crippen LogP contribution is 2.19. The lowest BCUT2D eigenvalue weighted by molar-refractivity contribution is -0.124. The summed E-state index contributed by atoms with van der Waals surface area (Å²) in [5.41, 5.74) is 6.09.